The molecule has 0 aromatic carbocycles. The van der Waals surface area contributed by atoms with Crippen molar-refractivity contribution in [3.05, 3.63) is 27.4 Å². The predicted molar refractivity (Wildman–Crippen MR) is 82.9 cm³/mol. The third-order valence-electron chi connectivity index (χ3n) is 5.04. The molecule has 1 aliphatic heterocycles. The Balaban J connectivity index is 1.73. The molecule has 6 heteroatoms. The fourth-order valence-corrected chi connectivity index (χ4v) is 3.95. The van der Waals surface area contributed by atoms with Crippen LogP contribution in [0.15, 0.2) is 12.1 Å². The molecule has 1 saturated carbocycles. The number of halogens is 1. The standard InChI is InChI=1S/C15H20ClN3O2/c16-13-10-12(19(20)21)11-14(17-13)18-8-6-15(7-9-18)4-2-1-3-5-15/h10-11H,1-9H2. The quantitative estimate of drug-likeness (QED) is 0.467. The summed E-state index contributed by atoms with van der Waals surface area (Å²) in [5.74, 6) is 0.639. The first-order chi connectivity index (χ1) is 10.1. The average Bonchev–Trinajstić information content (AvgIpc) is 2.48. The molecule has 2 aliphatic rings. The van der Waals surface area contributed by atoms with Gasteiger partial charge >= 0.3 is 0 Å². The highest BCUT2D eigenvalue weighted by atomic mass is 35.5. The number of pyridine rings is 1. The number of hydrogen-bond acceptors (Lipinski definition) is 4. The van der Waals surface area contributed by atoms with Crippen molar-refractivity contribution >= 4 is 23.1 Å². The second-order valence-corrected chi connectivity index (χ2v) is 6.70. The van der Waals surface area contributed by atoms with Crippen LogP contribution in [0.5, 0.6) is 0 Å². The van der Waals surface area contributed by atoms with E-state index in [1.165, 1.54) is 44.2 Å². The molecular formula is C15H20ClN3O2. The zero-order valence-electron chi connectivity index (χ0n) is 12.1. The zero-order chi connectivity index (χ0) is 14.9. The highest BCUT2D eigenvalue weighted by Crippen LogP contribution is 2.45. The Labute approximate surface area is 129 Å². The van der Waals surface area contributed by atoms with E-state index in [4.69, 9.17) is 11.6 Å². The first-order valence-electron chi connectivity index (χ1n) is 7.65. The van der Waals surface area contributed by atoms with E-state index in [2.05, 4.69) is 9.88 Å². The van der Waals surface area contributed by atoms with E-state index in [1.54, 1.807) is 0 Å². The molecule has 0 amide bonds. The van der Waals surface area contributed by atoms with E-state index in [0.29, 0.717) is 11.2 Å². The number of piperidine rings is 1. The van der Waals surface area contributed by atoms with Crippen LogP contribution in [0.25, 0.3) is 0 Å². The van der Waals surface area contributed by atoms with E-state index in [9.17, 15) is 10.1 Å². The highest BCUT2D eigenvalue weighted by Gasteiger charge is 2.36. The lowest BCUT2D eigenvalue weighted by molar-refractivity contribution is -0.384. The number of rotatable bonds is 2. The minimum Gasteiger partial charge on any atom is -0.356 e. The summed E-state index contributed by atoms with van der Waals surface area (Å²) in [7, 11) is 0. The molecule has 0 unspecified atom stereocenters. The molecule has 0 atom stereocenters. The Morgan fingerprint density at radius 1 is 1.14 bits per heavy atom. The summed E-state index contributed by atoms with van der Waals surface area (Å²) >= 11 is 5.91. The van der Waals surface area contributed by atoms with Crippen LogP contribution in [0.2, 0.25) is 5.15 Å². The summed E-state index contributed by atoms with van der Waals surface area (Å²) in [4.78, 5) is 16.9. The van der Waals surface area contributed by atoms with Crippen LogP contribution in [-0.2, 0) is 0 Å². The minimum absolute atomic E-state index is 0.0166. The molecule has 5 nitrogen and oxygen atoms in total. The van der Waals surface area contributed by atoms with Crippen molar-refractivity contribution in [3.63, 3.8) is 0 Å². The predicted octanol–water partition coefficient (Wildman–Crippen LogP) is 4.19. The fraction of sp³-hybridized carbons (Fsp3) is 0.667. The average molecular weight is 310 g/mol. The smallest absolute Gasteiger partial charge is 0.276 e. The lowest BCUT2D eigenvalue weighted by Gasteiger charge is -2.44. The van der Waals surface area contributed by atoms with Crippen LogP contribution in [0.4, 0.5) is 11.5 Å². The van der Waals surface area contributed by atoms with Gasteiger partial charge in [-0.3, -0.25) is 10.1 Å². The molecule has 0 radical (unpaired) electrons. The number of aromatic nitrogens is 1. The molecule has 0 bridgehead atoms. The Morgan fingerprint density at radius 3 is 2.43 bits per heavy atom. The largest absolute Gasteiger partial charge is 0.356 e. The van der Waals surface area contributed by atoms with Gasteiger partial charge in [-0.15, -0.1) is 0 Å². The molecule has 1 aliphatic carbocycles. The Morgan fingerprint density at radius 2 is 1.81 bits per heavy atom. The van der Waals surface area contributed by atoms with Gasteiger partial charge in [-0.05, 0) is 31.1 Å². The molecule has 1 aromatic heterocycles. The highest BCUT2D eigenvalue weighted by molar-refractivity contribution is 6.29. The van der Waals surface area contributed by atoms with Gasteiger partial charge in [0.05, 0.1) is 17.1 Å². The normalized spacial score (nSPS) is 21.5. The third kappa shape index (κ3) is 3.12. The van der Waals surface area contributed by atoms with Gasteiger partial charge in [0, 0.05) is 13.1 Å². The molecule has 21 heavy (non-hydrogen) atoms. The lowest BCUT2D eigenvalue weighted by Crippen LogP contribution is -2.41. The van der Waals surface area contributed by atoms with Crippen LogP contribution >= 0.6 is 11.6 Å². The molecular weight excluding hydrogens is 290 g/mol. The number of nitrogens with zero attached hydrogens (tertiary/aromatic N) is 3. The van der Waals surface area contributed by atoms with Gasteiger partial charge < -0.3 is 4.90 Å². The first-order valence-corrected chi connectivity index (χ1v) is 8.03. The van der Waals surface area contributed by atoms with Crippen molar-refractivity contribution in [1.29, 1.82) is 0 Å². The monoisotopic (exact) mass is 309 g/mol. The van der Waals surface area contributed by atoms with Gasteiger partial charge in [-0.1, -0.05) is 30.9 Å². The van der Waals surface area contributed by atoms with Crippen LogP contribution in [-0.4, -0.2) is 23.0 Å². The number of anilines is 1. The van der Waals surface area contributed by atoms with Gasteiger partial charge in [-0.25, -0.2) is 4.98 Å². The van der Waals surface area contributed by atoms with Crippen LogP contribution < -0.4 is 4.90 Å². The van der Waals surface area contributed by atoms with E-state index in [1.807, 2.05) is 0 Å². The van der Waals surface area contributed by atoms with Crippen molar-refractivity contribution in [2.75, 3.05) is 18.0 Å². The summed E-state index contributed by atoms with van der Waals surface area (Å²) in [5, 5.41) is 11.1. The summed E-state index contributed by atoms with van der Waals surface area (Å²) in [6.45, 7) is 1.84. The van der Waals surface area contributed by atoms with Crippen molar-refractivity contribution in [2.24, 2.45) is 5.41 Å². The number of hydrogen-bond donors (Lipinski definition) is 0. The maximum absolute atomic E-state index is 10.9. The summed E-state index contributed by atoms with van der Waals surface area (Å²) in [6.07, 6.45) is 9.06. The van der Waals surface area contributed by atoms with Gasteiger partial charge in [0.2, 0.25) is 0 Å². The second kappa shape index (κ2) is 5.79. The molecule has 0 N–H and O–H groups in total. The fourth-order valence-electron chi connectivity index (χ4n) is 3.75. The van der Waals surface area contributed by atoms with Crippen molar-refractivity contribution in [3.8, 4) is 0 Å². The van der Waals surface area contributed by atoms with E-state index in [0.717, 1.165) is 25.9 Å². The second-order valence-electron chi connectivity index (χ2n) is 6.31. The van der Waals surface area contributed by atoms with E-state index < -0.39 is 4.92 Å². The molecule has 1 spiro atoms. The van der Waals surface area contributed by atoms with Crippen molar-refractivity contribution < 1.29 is 4.92 Å². The number of nitro groups is 1. The molecule has 1 aromatic rings. The molecule has 114 valence electrons. The van der Waals surface area contributed by atoms with E-state index in [-0.39, 0.29) is 10.8 Å². The van der Waals surface area contributed by atoms with E-state index >= 15 is 0 Å². The van der Waals surface area contributed by atoms with Crippen LogP contribution in [0.3, 0.4) is 0 Å². The van der Waals surface area contributed by atoms with Crippen LogP contribution in [0.1, 0.15) is 44.9 Å². The molecule has 1 saturated heterocycles. The lowest BCUT2D eigenvalue weighted by atomic mass is 9.68. The van der Waals surface area contributed by atoms with Crippen molar-refractivity contribution in [1.82, 2.24) is 4.98 Å². The van der Waals surface area contributed by atoms with Crippen molar-refractivity contribution in [2.45, 2.75) is 44.9 Å². The summed E-state index contributed by atoms with van der Waals surface area (Å²) in [6, 6.07) is 2.84. The van der Waals surface area contributed by atoms with Crippen LogP contribution in [0, 0.1) is 15.5 Å². The van der Waals surface area contributed by atoms with Gasteiger partial charge in [0.15, 0.2) is 0 Å². The topological polar surface area (TPSA) is 59.3 Å². The zero-order valence-corrected chi connectivity index (χ0v) is 12.8. The minimum atomic E-state index is -0.413. The van der Waals surface area contributed by atoms with Gasteiger partial charge in [0.25, 0.3) is 5.69 Å². The maximum Gasteiger partial charge on any atom is 0.276 e. The maximum atomic E-state index is 10.9. The summed E-state index contributed by atoms with van der Waals surface area (Å²) < 4.78 is 0. The Bertz CT molecular complexity index is 534. The Kier molecular flexibility index (Phi) is 4.02. The van der Waals surface area contributed by atoms with Gasteiger partial charge in [-0.2, -0.15) is 0 Å². The molecule has 3 rings (SSSR count). The summed E-state index contributed by atoms with van der Waals surface area (Å²) in [5.41, 5.74) is 0.530. The Hall–Kier alpha value is -1.36. The SMILES string of the molecule is O=[N+]([O-])c1cc(Cl)nc(N2CCC3(CCCCC3)CC2)c1. The molecule has 2 heterocycles. The third-order valence-corrected chi connectivity index (χ3v) is 5.23. The molecule has 2 fully saturated rings. The van der Waals surface area contributed by atoms with Gasteiger partial charge in [0.1, 0.15) is 11.0 Å². The first kappa shape index (κ1) is 14.6.